The van der Waals surface area contributed by atoms with Gasteiger partial charge in [0.2, 0.25) is 11.8 Å². The van der Waals surface area contributed by atoms with Crippen molar-refractivity contribution >= 4 is 23.2 Å². The number of hydrogen-bond acceptors (Lipinski definition) is 6. The van der Waals surface area contributed by atoms with Gasteiger partial charge in [0.1, 0.15) is 10.0 Å². The molecule has 1 aliphatic heterocycles. The van der Waals surface area contributed by atoms with Crippen LogP contribution in [0.1, 0.15) is 22.0 Å². The molecule has 0 bridgehead atoms. The molecule has 24 heavy (non-hydrogen) atoms. The van der Waals surface area contributed by atoms with Crippen molar-refractivity contribution in [3.8, 4) is 0 Å². The largest absolute Gasteiger partial charge is 0.355 e. The molecule has 1 N–H and O–H groups in total. The summed E-state index contributed by atoms with van der Waals surface area (Å²) >= 11 is 1.53. The minimum atomic E-state index is -0.287. The molecule has 1 aliphatic rings. The van der Waals surface area contributed by atoms with Crippen molar-refractivity contribution in [2.75, 3.05) is 13.1 Å². The average molecular weight is 345 g/mol. The van der Waals surface area contributed by atoms with Crippen molar-refractivity contribution in [1.82, 2.24) is 25.4 Å². The van der Waals surface area contributed by atoms with E-state index in [-0.39, 0.29) is 24.2 Å². The van der Waals surface area contributed by atoms with E-state index in [9.17, 15) is 9.59 Å². The number of likely N-dealkylation sites (tertiary alicyclic amines) is 1. The molecule has 0 saturated carbocycles. The number of aryl methyl sites for hydroxylation is 1. The van der Waals surface area contributed by atoms with Crippen molar-refractivity contribution in [1.29, 1.82) is 0 Å². The van der Waals surface area contributed by atoms with Crippen LogP contribution in [0.4, 0.5) is 0 Å². The van der Waals surface area contributed by atoms with Crippen molar-refractivity contribution in [3.63, 3.8) is 0 Å². The van der Waals surface area contributed by atoms with E-state index in [1.54, 1.807) is 17.3 Å². The molecule has 1 saturated heterocycles. The van der Waals surface area contributed by atoms with Gasteiger partial charge in [0, 0.05) is 44.9 Å². The minimum absolute atomic E-state index is 0.0127. The molecule has 7 nitrogen and oxygen atoms in total. The van der Waals surface area contributed by atoms with Crippen LogP contribution in [0, 0.1) is 12.8 Å². The lowest BCUT2D eigenvalue weighted by Gasteiger charge is -2.16. The Morgan fingerprint density at radius 1 is 1.46 bits per heavy atom. The first-order valence-electron chi connectivity index (χ1n) is 7.85. The fraction of sp³-hybridized carbons (Fsp3) is 0.438. The van der Waals surface area contributed by atoms with E-state index in [1.165, 1.54) is 11.3 Å². The number of amides is 2. The fourth-order valence-corrected chi connectivity index (χ4v) is 3.40. The summed E-state index contributed by atoms with van der Waals surface area (Å²) < 4.78 is 0. The molecule has 1 atom stereocenters. The summed E-state index contributed by atoms with van der Waals surface area (Å²) in [5.41, 5.74) is 0.971. The third kappa shape index (κ3) is 4.14. The topological polar surface area (TPSA) is 88.1 Å². The van der Waals surface area contributed by atoms with Crippen LogP contribution in [0.25, 0.3) is 0 Å². The number of rotatable bonds is 6. The highest BCUT2D eigenvalue weighted by Gasteiger charge is 2.34. The smallest absolute Gasteiger partial charge is 0.225 e. The van der Waals surface area contributed by atoms with Crippen molar-refractivity contribution < 1.29 is 9.59 Å². The van der Waals surface area contributed by atoms with Gasteiger partial charge in [0.25, 0.3) is 0 Å². The Morgan fingerprint density at radius 2 is 2.33 bits per heavy atom. The summed E-state index contributed by atoms with van der Waals surface area (Å²) in [6, 6.07) is 3.77. The summed E-state index contributed by atoms with van der Waals surface area (Å²) in [6.45, 7) is 3.37. The second kappa shape index (κ2) is 7.48. The molecule has 1 fully saturated rings. The van der Waals surface area contributed by atoms with E-state index < -0.39 is 0 Å². The first-order chi connectivity index (χ1) is 11.6. The molecular formula is C16H19N5O2S. The molecule has 0 aromatic carbocycles. The van der Waals surface area contributed by atoms with Crippen LogP contribution >= 0.6 is 11.3 Å². The van der Waals surface area contributed by atoms with Gasteiger partial charge in [-0.1, -0.05) is 6.07 Å². The predicted molar refractivity (Wildman–Crippen MR) is 89.1 cm³/mol. The zero-order valence-corrected chi connectivity index (χ0v) is 14.3. The highest BCUT2D eigenvalue weighted by atomic mass is 32.1. The molecule has 8 heteroatoms. The number of pyridine rings is 1. The van der Waals surface area contributed by atoms with E-state index in [1.807, 2.05) is 19.1 Å². The highest BCUT2D eigenvalue weighted by molar-refractivity contribution is 7.11. The molecule has 2 aromatic heterocycles. The lowest BCUT2D eigenvalue weighted by atomic mass is 10.1. The van der Waals surface area contributed by atoms with Crippen LogP contribution in [0.2, 0.25) is 0 Å². The molecule has 3 heterocycles. The Hall–Kier alpha value is -2.35. The van der Waals surface area contributed by atoms with Gasteiger partial charge in [-0.15, -0.1) is 21.5 Å². The Labute approximate surface area is 144 Å². The van der Waals surface area contributed by atoms with Gasteiger partial charge in [-0.2, -0.15) is 0 Å². The fourth-order valence-electron chi connectivity index (χ4n) is 2.69. The molecule has 0 aliphatic carbocycles. The van der Waals surface area contributed by atoms with Crippen molar-refractivity contribution in [2.24, 2.45) is 5.92 Å². The van der Waals surface area contributed by atoms with Gasteiger partial charge in [-0.05, 0) is 18.6 Å². The molecule has 0 unspecified atom stereocenters. The van der Waals surface area contributed by atoms with Crippen LogP contribution in [0.5, 0.6) is 0 Å². The number of aromatic nitrogens is 3. The third-order valence-corrected chi connectivity index (χ3v) is 4.79. The van der Waals surface area contributed by atoms with Crippen molar-refractivity contribution in [2.45, 2.75) is 26.3 Å². The molecule has 0 radical (unpaired) electrons. The van der Waals surface area contributed by atoms with Gasteiger partial charge < -0.3 is 10.2 Å². The zero-order chi connectivity index (χ0) is 16.9. The van der Waals surface area contributed by atoms with Crippen LogP contribution in [0.3, 0.4) is 0 Å². The number of nitrogens with one attached hydrogen (secondary N) is 1. The minimum Gasteiger partial charge on any atom is -0.355 e. The second-order valence-corrected chi connectivity index (χ2v) is 7.06. The second-order valence-electron chi connectivity index (χ2n) is 5.79. The molecular weight excluding hydrogens is 326 g/mol. The first-order valence-corrected chi connectivity index (χ1v) is 8.67. The summed E-state index contributed by atoms with van der Waals surface area (Å²) in [7, 11) is 0. The first kappa shape index (κ1) is 16.5. The molecule has 126 valence electrons. The number of carbonyl (C=O) groups is 2. The lowest BCUT2D eigenvalue weighted by molar-refractivity contribution is -0.129. The van der Waals surface area contributed by atoms with Gasteiger partial charge in [0.05, 0.1) is 5.92 Å². The van der Waals surface area contributed by atoms with Crippen LogP contribution in [0.15, 0.2) is 24.5 Å². The average Bonchev–Trinajstić information content (AvgIpc) is 3.15. The van der Waals surface area contributed by atoms with E-state index >= 15 is 0 Å². The Kier molecular flexibility index (Phi) is 5.14. The maximum absolute atomic E-state index is 12.2. The number of hydrogen-bond donors (Lipinski definition) is 1. The van der Waals surface area contributed by atoms with Gasteiger partial charge in [0.15, 0.2) is 0 Å². The maximum atomic E-state index is 12.2. The molecule has 0 spiro atoms. The lowest BCUT2D eigenvalue weighted by Crippen LogP contribution is -2.34. The van der Waals surface area contributed by atoms with Crippen LogP contribution in [-0.4, -0.2) is 45.0 Å². The predicted octanol–water partition coefficient (Wildman–Crippen LogP) is 0.949. The monoisotopic (exact) mass is 345 g/mol. The van der Waals surface area contributed by atoms with E-state index in [0.29, 0.717) is 26.1 Å². The highest BCUT2D eigenvalue weighted by Crippen LogP contribution is 2.20. The normalized spacial score (nSPS) is 17.3. The molecule has 3 rings (SSSR count). The van der Waals surface area contributed by atoms with E-state index in [2.05, 4.69) is 20.5 Å². The summed E-state index contributed by atoms with van der Waals surface area (Å²) in [4.78, 5) is 30.1. The van der Waals surface area contributed by atoms with Gasteiger partial charge >= 0.3 is 0 Å². The zero-order valence-electron chi connectivity index (χ0n) is 13.4. The summed E-state index contributed by atoms with van der Waals surface area (Å²) in [6.07, 6.45) is 4.37. The summed E-state index contributed by atoms with van der Waals surface area (Å²) in [5, 5.41) is 12.7. The SMILES string of the molecule is Cc1nnc(CCNC(=O)[C@@H]2CC(=O)N(Cc3cccnc3)C2)s1. The number of carbonyl (C=O) groups excluding carboxylic acids is 2. The quantitative estimate of drug-likeness (QED) is 0.842. The Morgan fingerprint density at radius 3 is 3.04 bits per heavy atom. The van der Waals surface area contributed by atoms with Crippen LogP contribution in [-0.2, 0) is 22.6 Å². The van der Waals surface area contributed by atoms with Crippen LogP contribution < -0.4 is 5.32 Å². The van der Waals surface area contributed by atoms with E-state index in [0.717, 1.165) is 15.6 Å². The Balaban J connectivity index is 1.47. The standard InChI is InChI=1S/C16H19N5O2S/c1-11-19-20-14(24-11)4-6-18-16(23)13-7-15(22)21(10-13)9-12-3-2-5-17-8-12/h2-3,5,8,13H,4,6-7,9-10H2,1H3,(H,18,23)/t13-/m1/s1. The van der Waals surface area contributed by atoms with Crippen molar-refractivity contribution in [3.05, 3.63) is 40.1 Å². The number of nitrogens with zero attached hydrogens (tertiary/aromatic N) is 4. The van der Waals surface area contributed by atoms with E-state index in [4.69, 9.17) is 0 Å². The third-order valence-electron chi connectivity index (χ3n) is 3.89. The molecule has 2 aromatic rings. The van der Waals surface area contributed by atoms with Gasteiger partial charge in [-0.25, -0.2) is 0 Å². The Bertz CT molecular complexity index is 718. The maximum Gasteiger partial charge on any atom is 0.225 e. The summed E-state index contributed by atoms with van der Waals surface area (Å²) in [5.74, 6) is -0.345. The van der Waals surface area contributed by atoms with Gasteiger partial charge in [-0.3, -0.25) is 14.6 Å². The molecule has 2 amide bonds.